The van der Waals surface area contributed by atoms with Crippen molar-refractivity contribution in [1.29, 1.82) is 0 Å². The molecular weight excluding hydrogens is 359 g/mol. The molecule has 142 valence electrons. The zero-order valence-electron chi connectivity index (χ0n) is 15.0. The van der Waals surface area contributed by atoms with Gasteiger partial charge in [-0.2, -0.15) is 0 Å². The van der Waals surface area contributed by atoms with Gasteiger partial charge >= 0.3 is 0 Å². The van der Waals surface area contributed by atoms with E-state index in [0.717, 1.165) is 22.2 Å². The molecule has 1 unspecified atom stereocenters. The summed E-state index contributed by atoms with van der Waals surface area (Å²) in [7, 11) is 0. The monoisotopic (exact) mass is 378 g/mol. The van der Waals surface area contributed by atoms with Crippen molar-refractivity contribution >= 4 is 10.9 Å². The molecular formula is C22H19FN2O3. The molecule has 0 bridgehead atoms. The van der Waals surface area contributed by atoms with E-state index in [-0.39, 0.29) is 12.4 Å². The zero-order valence-corrected chi connectivity index (χ0v) is 15.0. The van der Waals surface area contributed by atoms with Gasteiger partial charge in [0.1, 0.15) is 11.6 Å². The number of hydrogen-bond acceptors (Lipinski definition) is 4. The summed E-state index contributed by atoms with van der Waals surface area (Å²) in [6.45, 7) is -0.304. The molecule has 0 aliphatic carbocycles. The first-order valence-electron chi connectivity index (χ1n) is 8.91. The smallest absolute Gasteiger partial charge is 0.151 e. The summed E-state index contributed by atoms with van der Waals surface area (Å²) < 4.78 is 21.1. The predicted molar refractivity (Wildman–Crippen MR) is 104 cm³/mol. The quantitative estimate of drug-likeness (QED) is 0.535. The molecule has 0 aliphatic rings. The lowest BCUT2D eigenvalue weighted by atomic mass is 10.1. The van der Waals surface area contributed by atoms with Crippen LogP contribution in [-0.4, -0.2) is 32.5 Å². The van der Waals surface area contributed by atoms with Crippen LogP contribution in [0, 0.1) is 5.82 Å². The molecule has 2 heterocycles. The fourth-order valence-corrected chi connectivity index (χ4v) is 3.20. The Balaban J connectivity index is 1.79. The van der Waals surface area contributed by atoms with Crippen molar-refractivity contribution in [2.24, 2.45) is 0 Å². The Bertz CT molecular complexity index is 1090. The fourth-order valence-electron chi connectivity index (χ4n) is 3.20. The number of para-hydroxylation sites is 2. The molecule has 0 amide bonds. The average molecular weight is 378 g/mol. The Morgan fingerprint density at radius 3 is 2.64 bits per heavy atom. The highest BCUT2D eigenvalue weighted by Crippen LogP contribution is 2.32. The Morgan fingerprint density at radius 2 is 1.86 bits per heavy atom. The molecule has 0 spiro atoms. The molecule has 6 heteroatoms. The zero-order chi connectivity index (χ0) is 19.5. The normalized spacial score (nSPS) is 12.2. The maximum absolute atomic E-state index is 13.2. The second-order valence-electron chi connectivity index (χ2n) is 6.48. The van der Waals surface area contributed by atoms with Gasteiger partial charge in [0.2, 0.25) is 0 Å². The van der Waals surface area contributed by atoms with E-state index in [0.29, 0.717) is 17.9 Å². The highest BCUT2D eigenvalue weighted by molar-refractivity contribution is 5.85. The van der Waals surface area contributed by atoms with Gasteiger partial charge in [-0.15, -0.1) is 0 Å². The number of ether oxygens (including phenoxy) is 1. The summed E-state index contributed by atoms with van der Waals surface area (Å²) in [5.74, 6) is 0.804. The van der Waals surface area contributed by atoms with Crippen LogP contribution in [0.1, 0.15) is 5.56 Å². The molecule has 2 aromatic heterocycles. The number of nitrogens with zero attached hydrogens (tertiary/aromatic N) is 2. The van der Waals surface area contributed by atoms with Crippen molar-refractivity contribution < 1.29 is 19.3 Å². The summed E-state index contributed by atoms with van der Waals surface area (Å²) >= 11 is 0. The van der Waals surface area contributed by atoms with Crippen LogP contribution >= 0.6 is 0 Å². The molecule has 4 aromatic rings. The highest BCUT2D eigenvalue weighted by Gasteiger charge is 2.15. The van der Waals surface area contributed by atoms with Gasteiger partial charge in [0.05, 0.1) is 30.1 Å². The van der Waals surface area contributed by atoms with Crippen LogP contribution in [0.4, 0.5) is 4.39 Å². The molecule has 28 heavy (non-hydrogen) atoms. The number of aliphatic hydroxyl groups is 2. The third kappa shape index (κ3) is 3.60. The van der Waals surface area contributed by atoms with Crippen molar-refractivity contribution in [2.45, 2.75) is 12.5 Å². The summed E-state index contributed by atoms with van der Waals surface area (Å²) in [6, 6.07) is 15.2. The van der Waals surface area contributed by atoms with Gasteiger partial charge in [0, 0.05) is 24.2 Å². The number of pyridine rings is 1. The number of benzene rings is 2. The van der Waals surface area contributed by atoms with Crippen LogP contribution < -0.4 is 4.74 Å². The van der Waals surface area contributed by atoms with Crippen LogP contribution in [0.25, 0.3) is 16.6 Å². The summed E-state index contributed by atoms with van der Waals surface area (Å²) in [6.07, 6.45) is 4.85. The lowest BCUT2D eigenvalue weighted by Gasteiger charge is -2.13. The molecule has 4 rings (SSSR count). The third-order valence-electron chi connectivity index (χ3n) is 4.52. The minimum Gasteiger partial charge on any atom is -0.455 e. The van der Waals surface area contributed by atoms with Crippen molar-refractivity contribution in [3.8, 4) is 17.2 Å². The Morgan fingerprint density at radius 1 is 1.07 bits per heavy atom. The number of aliphatic hydroxyl groups excluding tert-OH is 2. The van der Waals surface area contributed by atoms with Gasteiger partial charge in [0.15, 0.2) is 5.75 Å². The molecule has 0 saturated carbocycles. The van der Waals surface area contributed by atoms with Crippen LogP contribution in [-0.2, 0) is 6.42 Å². The molecule has 5 nitrogen and oxygen atoms in total. The minimum absolute atomic E-state index is 0.304. The van der Waals surface area contributed by atoms with Gasteiger partial charge in [-0.25, -0.2) is 4.39 Å². The summed E-state index contributed by atoms with van der Waals surface area (Å²) in [5.41, 5.74) is 2.54. The van der Waals surface area contributed by atoms with Crippen LogP contribution in [0.3, 0.4) is 0 Å². The van der Waals surface area contributed by atoms with E-state index in [1.54, 1.807) is 24.5 Å². The largest absolute Gasteiger partial charge is 0.455 e. The summed E-state index contributed by atoms with van der Waals surface area (Å²) in [5, 5.41) is 20.0. The first-order valence-corrected chi connectivity index (χ1v) is 8.91. The molecule has 2 N–H and O–H groups in total. The van der Waals surface area contributed by atoms with Crippen molar-refractivity contribution in [2.75, 3.05) is 6.61 Å². The standard InChI is InChI=1S/C22H19FN2O3/c23-16-5-7-18(8-6-16)28-22-4-2-1-3-20(22)25-13-15(11-17(27)14-26)19-9-10-24-12-21(19)25/h1-10,12-13,17,26-27H,11,14H2. The highest BCUT2D eigenvalue weighted by atomic mass is 19.1. The number of halogens is 1. The second kappa shape index (κ2) is 7.80. The van der Waals surface area contributed by atoms with E-state index in [4.69, 9.17) is 4.74 Å². The Kier molecular flexibility index (Phi) is 5.06. The Labute approximate surface area is 161 Å². The first-order chi connectivity index (χ1) is 13.7. The van der Waals surface area contributed by atoms with E-state index < -0.39 is 6.10 Å². The van der Waals surface area contributed by atoms with Gasteiger partial charge < -0.3 is 19.5 Å². The van der Waals surface area contributed by atoms with Crippen molar-refractivity contribution in [1.82, 2.24) is 9.55 Å². The summed E-state index contributed by atoms with van der Waals surface area (Å²) in [4.78, 5) is 4.22. The van der Waals surface area contributed by atoms with E-state index in [2.05, 4.69) is 4.98 Å². The fraction of sp³-hybridized carbons (Fsp3) is 0.136. The van der Waals surface area contributed by atoms with Crippen LogP contribution in [0.5, 0.6) is 11.5 Å². The molecule has 1 atom stereocenters. The SMILES string of the molecule is OCC(O)Cc1cn(-c2ccccc2Oc2ccc(F)cc2)c2cnccc12. The Hall–Kier alpha value is -3.22. The van der Waals surface area contributed by atoms with Gasteiger partial charge in [-0.05, 0) is 48.0 Å². The van der Waals surface area contributed by atoms with Crippen molar-refractivity contribution in [3.63, 3.8) is 0 Å². The van der Waals surface area contributed by atoms with Crippen LogP contribution in [0.2, 0.25) is 0 Å². The maximum Gasteiger partial charge on any atom is 0.151 e. The van der Waals surface area contributed by atoms with Gasteiger partial charge in [0.25, 0.3) is 0 Å². The topological polar surface area (TPSA) is 67.5 Å². The molecule has 0 radical (unpaired) electrons. The van der Waals surface area contributed by atoms with Gasteiger partial charge in [-0.1, -0.05) is 12.1 Å². The van der Waals surface area contributed by atoms with Crippen molar-refractivity contribution in [3.05, 3.63) is 84.6 Å². The molecule has 0 aliphatic heterocycles. The lowest BCUT2D eigenvalue weighted by molar-refractivity contribution is 0.0957. The number of hydrogen-bond donors (Lipinski definition) is 2. The predicted octanol–water partition coefficient (Wildman–Crippen LogP) is 3.85. The van der Waals surface area contributed by atoms with Gasteiger partial charge in [-0.3, -0.25) is 4.98 Å². The van der Waals surface area contributed by atoms with E-state index in [1.165, 1.54) is 12.1 Å². The number of rotatable bonds is 6. The van der Waals surface area contributed by atoms with Crippen LogP contribution in [0.15, 0.2) is 73.2 Å². The second-order valence-corrected chi connectivity index (χ2v) is 6.48. The number of aromatic nitrogens is 2. The number of fused-ring (bicyclic) bond motifs is 1. The van der Waals surface area contributed by atoms with E-state index in [9.17, 15) is 14.6 Å². The lowest BCUT2D eigenvalue weighted by Crippen LogP contribution is -2.14. The minimum atomic E-state index is -0.835. The van der Waals surface area contributed by atoms with E-state index in [1.807, 2.05) is 41.1 Å². The maximum atomic E-state index is 13.2. The first kappa shape index (κ1) is 18.2. The van der Waals surface area contributed by atoms with E-state index >= 15 is 0 Å². The molecule has 0 fully saturated rings. The molecule has 2 aromatic carbocycles. The average Bonchev–Trinajstić information content (AvgIpc) is 3.08. The molecule has 0 saturated heterocycles. The third-order valence-corrected chi connectivity index (χ3v) is 4.52.